The maximum absolute atomic E-state index is 12.8. The summed E-state index contributed by atoms with van der Waals surface area (Å²) in [5.74, 6) is 0.153. The molecule has 7 nitrogen and oxygen atoms in total. The molecule has 1 unspecified atom stereocenters. The summed E-state index contributed by atoms with van der Waals surface area (Å²) >= 11 is 3.31. The van der Waals surface area contributed by atoms with Crippen molar-refractivity contribution in [3.63, 3.8) is 0 Å². The molecule has 1 atom stereocenters. The quantitative estimate of drug-likeness (QED) is 0.592. The fourth-order valence-electron chi connectivity index (χ4n) is 3.61. The highest BCUT2D eigenvalue weighted by molar-refractivity contribution is 9.10. The van der Waals surface area contributed by atoms with Crippen molar-refractivity contribution < 1.29 is 18.0 Å². The van der Waals surface area contributed by atoms with Crippen molar-refractivity contribution in [1.29, 1.82) is 0 Å². The standard InChI is InChI=1S/C19H26BrN3O4S/c1-14(2)6-7-23-18(24)13-17(19(23)25)21-8-10-22(11-9-21)28(26,27)16-5-3-4-15(20)12-16/h3-5,12,14,17H,6-11,13H2,1-2H3. The van der Waals surface area contributed by atoms with E-state index in [-0.39, 0.29) is 23.1 Å². The number of piperazine rings is 1. The molecule has 0 aliphatic carbocycles. The first-order valence-corrected chi connectivity index (χ1v) is 11.8. The third-order valence-electron chi connectivity index (χ3n) is 5.30. The number of hydrogen-bond donors (Lipinski definition) is 0. The van der Waals surface area contributed by atoms with Gasteiger partial charge in [-0.15, -0.1) is 0 Å². The van der Waals surface area contributed by atoms with Crippen LogP contribution in [0.3, 0.4) is 0 Å². The van der Waals surface area contributed by atoms with Crippen LogP contribution in [0.5, 0.6) is 0 Å². The molecule has 0 bridgehead atoms. The lowest BCUT2D eigenvalue weighted by Gasteiger charge is -2.36. The second kappa shape index (κ2) is 8.61. The number of carbonyl (C=O) groups is 2. The normalized spacial score (nSPS) is 22.4. The van der Waals surface area contributed by atoms with E-state index >= 15 is 0 Å². The van der Waals surface area contributed by atoms with Crippen LogP contribution in [0.4, 0.5) is 0 Å². The van der Waals surface area contributed by atoms with Crippen LogP contribution >= 0.6 is 15.9 Å². The molecule has 1 aromatic carbocycles. The van der Waals surface area contributed by atoms with Crippen LogP contribution in [-0.4, -0.2) is 73.1 Å². The lowest BCUT2D eigenvalue weighted by Crippen LogP contribution is -2.53. The first-order chi connectivity index (χ1) is 13.2. The summed E-state index contributed by atoms with van der Waals surface area (Å²) in [6.07, 6.45) is 0.984. The Morgan fingerprint density at radius 3 is 2.43 bits per heavy atom. The maximum atomic E-state index is 12.8. The molecule has 28 heavy (non-hydrogen) atoms. The predicted octanol–water partition coefficient (Wildman–Crippen LogP) is 1.93. The third-order valence-corrected chi connectivity index (χ3v) is 7.69. The van der Waals surface area contributed by atoms with Crippen molar-refractivity contribution in [2.45, 2.75) is 37.6 Å². The van der Waals surface area contributed by atoms with Gasteiger partial charge < -0.3 is 0 Å². The van der Waals surface area contributed by atoms with E-state index in [4.69, 9.17) is 0 Å². The topological polar surface area (TPSA) is 78.0 Å². The number of hydrogen-bond acceptors (Lipinski definition) is 5. The minimum Gasteiger partial charge on any atom is -0.289 e. The van der Waals surface area contributed by atoms with Crippen LogP contribution < -0.4 is 0 Å². The third kappa shape index (κ3) is 4.48. The van der Waals surface area contributed by atoms with Gasteiger partial charge in [0, 0.05) is 37.2 Å². The first-order valence-electron chi connectivity index (χ1n) is 9.54. The summed E-state index contributed by atoms with van der Waals surface area (Å²) in [6, 6.07) is 6.19. The van der Waals surface area contributed by atoms with Crippen molar-refractivity contribution in [1.82, 2.24) is 14.1 Å². The number of sulfonamides is 1. The van der Waals surface area contributed by atoms with Crippen LogP contribution in [0.15, 0.2) is 33.6 Å². The zero-order valence-electron chi connectivity index (χ0n) is 16.2. The van der Waals surface area contributed by atoms with Gasteiger partial charge in [0.15, 0.2) is 0 Å². The van der Waals surface area contributed by atoms with Gasteiger partial charge in [-0.05, 0) is 30.5 Å². The molecule has 0 aromatic heterocycles. The summed E-state index contributed by atoms with van der Waals surface area (Å²) in [7, 11) is -3.57. The van der Waals surface area contributed by atoms with E-state index in [1.165, 1.54) is 9.21 Å². The molecule has 0 spiro atoms. The minimum absolute atomic E-state index is 0.125. The van der Waals surface area contributed by atoms with Crippen LogP contribution in [0.1, 0.15) is 26.7 Å². The molecule has 0 saturated carbocycles. The van der Waals surface area contributed by atoms with E-state index in [1.807, 2.05) is 4.90 Å². The summed E-state index contributed by atoms with van der Waals surface area (Å²) in [5, 5.41) is 0. The summed E-state index contributed by atoms with van der Waals surface area (Å²) in [6.45, 7) is 6.07. The van der Waals surface area contributed by atoms with Gasteiger partial charge in [0.25, 0.3) is 0 Å². The monoisotopic (exact) mass is 471 g/mol. The number of halogens is 1. The van der Waals surface area contributed by atoms with E-state index < -0.39 is 16.1 Å². The molecular formula is C19H26BrN3O4S. The molecule has 3 rings (SSSR count). The van der Waals surface area contributed by atoms with Gasteiger partial charge in [-0.3, -0.25) is 19.4 Å². The fraction of sp³-hybridized carbons (Fsp3) is 0.579. The molecule has 9 heteroatoms. The zero-order valence-corrected chi connectivity index (χ0v) is 18.6. The van der Waals surface area contributed by atoms with Crippen molar-refractivity contribution in [2.75, 3.05) is 32.7 Å². The highest BCUT2D eigenvalue weighted by Crippen LogP contribution is 2.24. The number of amides is 2. The Labute approximate surface area is 174 Å². The number of benzene rings is 1. The average molecular weight is 472 g/mol. The Bertz CT molecular complexity index is 850. The van der Waals surface area contributed by atoms with E-state index in [9.17, 15) is 18.0 Å². The maximum Gasteiger partial charge on any atom is 0.247 e. The predicted molar refractivity (Wildman–Crippen MR) is 109 cm³/mol. The molecule has 154 valence electrons. The molecule has 1 aromatic rings. The summed E-state index contributed by atoms with van der Waals surface area (Å²) < 4.78 is 27.8. The van der Waals surface area contributed by atoms with Crippen molar-refractivity contribution >= 4 is 37.8 Å². The van der Waals surface area contributed by atoms with Gasteiger partial charge in [0.1, 0.15) is 0 Å². The Morgan fingerprint density at radius 2 is 1.82 bits per heavy atom. The van der Waals surface area contributed by atoms with Crippen LogP contribution in [0.25, 0.3) is 0 Å². The number of carbonyl (C=O) groups excluding carboxylic acids is 2. The number of imide groups is 1. The molecule has 2 aliphatic heterocycles. The van der Waals surface area contributed by atoms with Crippen molar-refractivity contribution in [3.05, 3.63) is 28.7 Å². The summed E-state index contributed by atoms with van der Waals surface area (Å²) in [4.78, 5) is 28.5. The average Bonchev–Trinajstić information content (AvgIpc) is 2.94. The number of likely N-dealkylation sites (tertiary alicyclic amines) is 1. The summed E-state index contributed by atoms with van der Waals surface area (Å²) in [5.41, 5.74) is 0. The first kappa shape index (κ1) is 21.4. The van der Waals surface area contributed by atoms with Crippen molar-refractivity contribution in [3.8, 4) is 0 Å². The highest BCUT2D eigenvalue weighted by atomic mass is 79.9. The largest absolute Gasteiger partial charge is 0.289 e. The lowest BCUT2D eigenvalue weighted by atomic mass is 10.1. The van der Waals surface area contributed by atoms with Gasteiger partial charge in [-0.1, -0.05) is 35.8 Å². The molecule has 0 radical (unpaired) electrons. The molecule has 2 fully saturated rings. The molecule has 0 N–H and O–H groups in total. The lowest BCUT2D eigenvalue weighted by molar-refractivity contribution is -0.140. The smallest absolute Gasteiger partial charge is 0.247 e. The van der Waals surface area contributed by atoms with E-state index in [1.54, 1.807) is 24.3 Å². The molecule has 2 saturated heterocycles. The van der Waals surface area contributed by atoms with Gasteiger partial charge in [-0.2, -0.15) is 4.31 Å². The van der Waals surface area contributed by atoms with Gasteiger partial charge in [0.05, 0.1) is 17.4 Å². The van der Waals surface area contributed by atoms with E-state index in [0.717, 1.165) is 6.42 Å². The highest BCUT2D eigenvalue weighted by Gasteiger charge is 2.43. The molecular weight excluding hydrogens is 446 g/mol. The SMILES string of the molecule is CC(C)CCN1C(=O)CC(N2CCN(S(=O)(=O)c3cccc(Br)c3)CC2)C1=O. The molecule has 2 heterocycles. The van der Waals surface area contributed by atoms with Gasteiger partial charge >= 0.3 is 0 Å². The Hall–Kier alpha value is -1.29. The van der Waals surface area contributed by atoms with Crippen LogP contribution in [-0.2, 0) is 19.6 Å². The van der Waals surface area contributed by atoms with E-state index in [2.05, 4.69) is 29.8 Å². The van der Waals surface area contributed by atoms with Crippen molar-refractivity contribution in [2.24, 2.45) is 5.92 Å². The van der Waals surface area contributed by atoms with Gasteiger partial charge in [0.2, 0.25) is 21.8 Å². The fourth-order valence-corrected chi connectivity index (χ4v) is 5.62. The Balaban J connectivity index is 1.62. The van der Waals surface area contributed by atoms with E-state index in [0.29, 0.717) is 43.1 Å². The van der Waals surface area contributed by atoms with Crippen LogP contribution in [0.2, 0.25) is 0 Å². The Morgan fingerprint density at radius 1 is 1.14 bits per heavy atom. The second-order valence-electron chi connectivity index (χ2n) is 7.68. The second-order valence-corrected chi connectivity index (χ2v) is 10.5. The number of nitrogens with zero attached hydrogens (tertiary/aromatic N) is 3. The zero-order chi connectivity index (χ0) is 20.5. The number of rotatable bonds is 6. The van der Waals surface area contributed by atoms with Crippen LogP contribution in [0, 0.1) is 5.92 Å². The molecule has 2 amide bonds. The minimum atomic E-state index is -3.57. The molecule has 2 aliphatic rings. The Kier molecular flexibility index (Phi) is 6.58. The van der Waals surface area contributed by atoms with Gasteiger partial charge in [-0.25, -0.2) is 8.42 Å².